The highest BCUT2D eigenvalue weighted by molar-refractivity contribution is 5.98. The molecule has 0 radical (unpaired) electrons. The highest BCUT2D eigenvalue weighted by Gasteiger charge is 2.68. The molecule has 1 spiro atoms. The number of carbonyl (C=O) groups excluding carboxylic acids is 12. The number of nitrogens with zero attached hydrogens (tertiary/aromatic N) is 3. The highest BCUT2D eigenvalue weighted by Crippen LogP contribution is 2.35. The van der Waals surface area contributed by atoms with Crippen LogP contribution in [0.1, 0.15) is 91.5 Å². The van der Waals surface area contributed by atoms with E-state index < -0.39 is 169 Å². The number of phenolic OH excluding ortho intramolecular Hbond substituents is 1. The van der Waals surface area contributed by atoms with Gasteiger partial charge in [0.15, 0.2) is 6.04 Å². The second-order valence-corrected chi connectivity index (χ2v) is 18.6. The van der Waals surface area contributed by atoms with Gasteiger partial charge in [-0.25, -0.2) is 4.79 Å². The summed E-state index contributed by atoms with van der Waals surface area (Å²) in [5.41, 5.74) is 12.5. The first-order valence-corrected chi connectivity index (χ1v) is 23.2. The number of aromatic hydroxyl groups is 1. The Hall–Kier alpha value is -7.02. The molecule has 384 valence electrons. The van der Waals surface area contributed by atoms with Crippen molar-refractivity contribution in [3.63, 3.8) is 0 Å². The lowest BCUT2D eigenvalue weighted by Gasteiger charge is -2.35. The van der Waals surface area contributed by atoms with Crippen molar-refractivity contribution in [2.24, 2.45) is 17.4 Å². The molecule has 25 nitrogen and oxygen atoms in total. The Morgan fingerprint density at radius 1 is 0.929 bits per heavy atom. The van der Waals surface area contributed by atoms with Crippen LogP contribution in [0.5, 0.6) is 5.75 Å². The molecule has 3 fully saturated rings. The summed E-state index contributed by atoms with van der Waals surface area (Å²) in [6.45, 7) is 5.96. The highest BCUT2D eigenvalue weighted by atomic mass is 16.3. The minimum Gasteiger partial charge on any atom is -0.508 e. The van der Waals surface area contributed by atoms with Crippen LogP contribution >= 0.6 is 0 Å². The summed E-state index contributed by atoms with van der Waals surface area (Å²) >= 11 is 0. The van der Waals surface area contributed by atoms with Crippen molar-refractivity contribution in [3.8, 4) is 5.75 Å². The number of likely N-dealkylation sites (N-methyl/N-ethyl adjacent to an activating group) is 1. The fourth-order valence-corrected chi connectivity index (χ4v) is 8.34. The van der Waals surface area contributed by atoms with Crippen LogP contribution in [0.4, 0.5) is 0 Å². The molecule has 12 N–H and O–H groups in total. The van der Waals surface area contributed by atoms with E-state index in [0.29, 0.717) is 31.1 Å². The summed E-state index contributed by atoms with van der Waals surface area (Å²) < 4.78 is -0.954. The molecule has 0 bridgehead atoms. The van der Waals surface area contributed by atoms with Gasteiger partial charge in [-0.1, -0.05) is 37.8 Å². The minimum atomic E-state index is -1.69. The number of quaternary nitrogens is 1. The third kappa shape index (κ3) is 14.5. The van der Waals surface area contributed by atoms with Gasteiger partial charge in [0.2, 0.25) is 65.4 Å². The van der Waals surface area contributed by atoms with E-state index in [1.165, 1.54) is 57.0 Å². The zero-order valence-corrected chi connectivity index (χ0v) is 40.3. The average molecular weight is 984 g/mol. The molecular formula is C45H67N12O13+. The number of amides is 11. The standard InChI is InChI=1S/C45H66N12O13/c1-7-24(2)38-40(66)51-29(14-15-33(46)60)39(65)52-30(18-19-58)43(69)57(25(3)54-57)32(42(68)56(27-10-11-27)23-37(64)53-45(4,5)44(70)49-22-34(47)61)21-48-35(62)16-17-36(63)50-31(41(67)55(38)6)20-26-8-12-28(59)13-9-26/h8-9,12-13,19,24-25,27,29-32,38,54H,7,10-11,14-18,20-23H2,1-6H3,(H10-,46,47,48,49,50,51,52,53,59,60,61,62,63,64,65,66,70)/p+1/t24?,25?,29-,30-,31-,32-,38?,57?/m0/s1. The molecule has 4 rings (SSSR count). The molecule has 70 heavy (non-hydrogen) atoms. The van der Waals surface area contributed by atoms with E-state index in [2.05, 4.69) is 37.3 Å². The molecular weight excluding hydrogens is 917 g/mol. The average Bonchev–Trinajstić information content (AvgIpc) is 4.24. The number of aldehydes is 1. The van der Waals surface area contributed by atoms with E-state index in [-0.39, 0.29) is 18.6 Å². The minimum absolute atomic E-state index is 0.0558. The number of hydrogen-bond donors (Lipinski definition) is 10. The zero-order valence-electron chi connectivity index (χ0n) is 40.3. The van der Waals surface area contributed by atoms with Crippen LogP contribution in [-0.2, 0) is 64.0 Å². The summed E-state index contributed by atoms with van der Waals surface area (Å²) in [5.74, 6) is -9.70. The predicted molar refractivity (Wildman–Crippen MR) is 246 cm³/mol. The van der Waals surface area contributed by atoms with E-state index in [4.69, 9.17) is 11.5 Å². The van der Waals surface area contributed by atoms with Crippen LogP contribution in [0.25, 0.3) is 0 Å². The molecule has 1 aliphatic carbocycles. The maximum atomic E-state index is 14.9. The number of nitrogens with one attached hydrogen (secondary N) is 7. The van der Waals surface area contributed by atoms with Crippen molar-refractivity contribution in [1.82, 2.24) is 47.1 Å². The third-order valence-corrected chi connectivity index (χ3v) is 12.7. The lowest BCUT2D eigenvalue weighted by atomic mass is 9.95. The quantitative estimate of drug-likeness (QED) is 0.0405. The Morgan fingerprint density at radius 2 is 1.54 bits per heavy atom. The number of nitrogens with two attached hydrogens (primary N) is 2. The lowest BCUT2D eigenvalue weighted by molar-refractivity contribution is -0.776. The first kappa shape index (κ1) is 55.6. The summed E-state index contributed by atoms with van der Waals surface area (Å²) in [6, 6.07) is -2.14. The van der Waals surface area contributed by atoms with Gasteiger partial charge in [-0.15, -0.1) is 4.59 Å². The SMILES string of the molecule is CCC(C)C1C(=O)N[C@@H](CCC(N)=O)C(=O)N[C@@H](CC=O)C(=O)[N+]2(NC2C)[C@H](C(=O)N(CC(=O)NC(C)(C)C(=O)NCC(N)=O)C2CC2)CNC(=O)CCC(=O)N[C@@H](Cc2ccc(O)cc2)C(=O)N1C. The Kier molecular flexibility index (Phi) is 19.1. The summed E-state index contributed by atoms with van der Waals surface area (Å²) in [7, 11) is 1.34. The van der Waals surface area contributed by atoms with Crippen LogP contribution < -0.4 is 48.8 Å². The van der Waals surface area contributed by atoms with E-state index >= 15 is 0 Å². The number of benzene rings is 1. The molecule has 2 aliphatic heterocycles. The number of hydrogen-bond acceptors (Lipinski definition) is 14. The maximum absolute atomic E-state index is 14.9. The topological polar surface area (TPSA) is 378 Å². The number of carbonyl (C=O) groups is 12. The molecule has 4 unspecified atom stereocenters. The second kappa shape index (κ2) is 24.0. The van der Waals surface area contributed by atoms with Gasteiger partial charge < -0.3 is 63.1 Å². The number of primary amides is 2. The van der Waals surface area contributed by atoms with Gasteiger partial charge in [0.05, 0.1) is 13.1 Å². The Morgan fingerprint density at radius 3 is 2.10 bits per heavy atom. The molecule has 3 aliphatic rings. The molecule has 11 amide bonds. The Balaban J connectivity index is 1.78. The third-order valence-electron chi connectivity index (χ3n) is 12.7. The van der Waals surface area contributed by atoms with Crippen LogP contribution in [0.2, 0.25) is 0 Å². The van der Waals surface area contributed by atoms with Crippen molar-refractivity contribution < 1.29 is 67.2 Å². The monoisotopic (exact) mass is 983 g/mol. The molecule has 1 saturated carbocycles. The van der Waals surface area contributed by atoms with E-state index in [9.17, 15) is 62.6 Å². The first-order chi connectivity index (χ1) is 32.9. The zero-order chi connectivity index (χ0) is 52.2. The second-order valence-electron chi connectivity index (χ2n) is 18.6. The van der Waals surface area contributed by atoms with Crippen molar-refractivity contribution in [2.75, 3.05) is 26.7 Å². The van der Waals surface area contributed by atoms with E-state index in [1.807, 2.05) is 0 Å². The fraction of sp³-hybridized carbons (Fsp3) is 0.600. The Bertz CT molecular complexity index is 2200. The van der Waals surface area contributed by atoms with E-state index in [0.717, 1.165) is 4.90 Å². The molecule has 25 heteroatoms. The number of phenols is 1. The van der Waals surface area contributed by atoms with Crippen molar-refractivity contribution in [1.29, 1.82) is 0 Å². The van der Waals surface area contributed by atoms with Crippen molar-refractivity contribution in [3.05, 3.63) is 29.8 Å². The molecule has 2 saturated heterocycles. The summed E-state index contributed by atoms with van der Waals surface area (Å²) in [5, 5.41) is 25.1. The molecule has 8 atom stereocenters. The maximum Gasteiger partial charge on any atom is 0.357 e. The van der Waals surface area contributed by atoms with Gasteiger partial charge in [0.25, 0.3) is 5.91 Å². The molecule has 2 heterocycles. The molecule has 1 aromatic carbocycles. The van der Waals surface area contributed by atoms with Crippen molar-refractivity contribution in [2.45, 2.75) is 140 Å². The van der Waals surface area contributed by atoms with Crippen LogP contribution in [-0.4, -0.2) is 165 Å². The van der Waals surface area contributed by atoms with Gasteiger partial charge >= 0.3 is 5.91 Å². The van der Waals surface area contributed by atoms with Gasteiger partial charge in [0.1, 0.15) is 42.2 Å². The van der Waals surface area contributed by atoms with Gasteiger partial charge in [0, 0.05) is 52.1 Å². The van der Waals surface area contributed by atoms with Crippen molar-refractivity contribution >= 4 is 71.3 Å². The van der Waals surface area contributed by atoms with Crippen LogP contribution in [0, 0.1) is 5.92 Å². The largest absolute Gasteiger partial charge is 0.508 e. The van der Waals surface area contributed by atoms with Gasteiger partial charge in [-0.3, -0.25) is 47.9 Å². The Labute approximate surface area is 404 Å². The predicted octanol–water partition coefficient (Wildman–Crippen LogP) is -3.91. The van der Waals surface area contributed by atoms with E-state index in [1.54, 1.807) is 13.8 Å². The molecule has 1 aromatic rings. The first-order valence-electron chi connectivity index (χ1n) is 23.2. The smallest absolute Gasteiger partial charge is 0.357 e. The van der Waals surface area contributed by atoms with Gasteiger partial charge in [-0.05, 0) is 56.7 Å². The number of rotatable bonds is 17. The summed E-state index contributed by atoms with van der Waals surface area (Å²) in [4.78, 5) is 164. The molecule has 0 aromatic heterocycles. The summed E-state index contributed by atoms with van der Waals surface area (Å²) in [6.07, 6.45) is -1.83. The lowest BCUT2D eigenvalue weighted by Crippen LogP contribution is -2.65. The normalized spacial score (nSPS) is 25.5. The van der Waals surface area contributed by atoms with Crippen LogP contribution in [0.3, 0.4) is 0 Å². The van der Waals surface area contributed by atoms with Crippen LogP contribution in [0.15, 0.2) is 24.3 Å². The fourth-order valence-electron chi connectivity index (χ4n) is 8.34. The van der Waals surface area contributed by atoms with Gasteiger partial charge in [-0.2, -0.15) is 0 Å².